The third-order valence-corrected chi connectivity index (χ3v) is 8.43. The van der Waals surface area contributed by atoms with Gasteiger partial charge >= 0.3 is 5.97 Å². The smallest absolute Gasteiger partial charge is 0.335 e. The number of carboxylic acid groups (broad SMARTS) is 1. The maximum absolute atomic E-state index is 13.8. The molecular weight excluding hydrogens is 624 g/mol. The van der Waals surface area contributed by atoms with E-state index in [1.807, 2.05) is 0 Å². The number of ketones is 1. The number of fused-ring (bicyclic) bond motifs is 2. The number of amides is 2. The number of hydrogen-bond acceptors (Lipinski definition) is 7. The van der Waals surface area contributed by atoms with E-state index in [0.29, 0.717) is 35.3 Å². The Kier molecular flexibility index (Phi) is 8.68. The molecule has 244 valence electrons. The fourth-order valence-corrected chi connectivity index (χ4v) is 5.88. The van der Waals surface area contributed by atoms with Crippen LogP contribution in [-0.4, -0.2) is 50.4 Å². The van der Waals surface area contributed by atoms with Gasteiger partial charge in [0.05, 0.1) is 30.5 Å². The van der Waals surface area contributed by atoms with Crippen LogP contribution in [0.3, 0.4) is 0 Å². The summed E-state index contributed by atoms with van der Waals surface area (Å²) < 4.78 is 33.5. The van der Waals surface area contributed by atoms with Gasteiger partial charge in [0, 0.05) is 19.0 Å². The Morgan fingerprint density at radius 2 is 1.71 bits per heavy atom. The molecule has 6 rings (SSSR count). The van der Waals surface area contributed by atoms with E-state index >= 15 is 0 Å². The number of ether oxygens (including phenoxy) is 1. The van der Waals surface area contributed by atoms with E-state index in [1.165, 1.54) is 36.0 Å². The van der Waals surface area contributed by atoms with E-state index in [2.05, 4.69) is 20.7 Å². The quantitative estimate of drug-likeness (QED) is 0.182. The van der Waals surface area contributed by atoms with Crippen LogP contribution in [0.15, 0.2) is 66.9 Å². The Morgan fingerprint density at radius 1 is 0.958 bits per heavy atom. The number of carboxylic acids is 1. The second-order valence-corrected chi connectivity index (χ2v) is 11.4. The summed E-state index contributed by atoms with van der Waals surface area (Å²) in [6.07, 6.45) is 2.35. The zero-order valence-corrected chi connectivity index (χ0v) is 25.8. The molecule has 5 aromatic rings. The molecule has 2 amide bonds. The van der Waals surface area contributed by atoms with Gasteiger partial charge in [-0.15, -0.1) is 0 Å². The van der Waals surface area contributed by atoms with Gasteiger partial charge in [0.15, 0.2) is 23.1 Å². The fourth-order valence-electron chi connectivity index (χ4n) is 5.88. The molecule has 2 aromatic heterocycles. The van der Waals surface area contributed by atoms with Crippen LogP contribution in [0, 0.1) is 18.6 Å². The molecule has 0 fully saturated rings. The van der Waals surface area contributed by atoms with E-state index in [1.54, 1.807) is 37.3 Å². The minimum atomic E-state index is -1.07. The van der Waals surface area contributed by atoms with E-state index in [0.717, 1.165) is 23.3 Å². The van der Waals surface area contributed by atoms with Gasteiger partial charge in [-0.05, 0) is 77.9 Å². The fraction of sp³-hybridized carbons (Fsp3) is 0.200. The van der Waals surface area contributed by atoms with Gasteiger partial charge in [0.25, 0.3) is 11.8 Å². The summed E-state index contributed by atoms with van der Waals surface area (Å²) >= 11 is 0. The molecule has 1 aliphatic rings. The number of aromatic carboxylic acids is 1. The van der Waals surface area contributed by atoms with E-state index in [4.69, 9.17) is 4.74 Å². The van der Waals surface area contributed by atoms with Gasteiger partial charge in [-0.2, -0.15) is 5.10 Å². The van der Waals surface area contributed by atoms with Gasteiger partial charge in [-0.1, -0.05) is 24.3 Å². The first-order chi connectivity index (χ1) is 23.0. The molecule has 0 bridgehead atoms. The molecule has 1 aliphatic carbocycles. The van der Waals surface area contributed by atoms with Crippen molar-refractivity contribution in [1.82, 2.24) is 25.2 Å². The van der Waals surface area contributed by atoms with Crippen LogP contribution in [-0.2, 0) is 19.4 Å². The molecule has 3 N–H and O–H groups in total. The van der Waals surface area contributed by atoms with Crippen LogP contribution in [0.1, 0.15) is 82.0 Å². The second-order valence-electron chi connectivity index (χ2n) is 11.4. The molecule has 0 saturated heterocycles. The number of nitrogens with one attached hydrogen (secondary N) is 2. The van der Waals surface area contributed by atoms with Gasteiger partial charge in [-0.3, -0.25) is 14.4 Å². The van der Waals surface area contributed by atoms with E-state index in [-0.39, 0.29) is 46.9 Å². The van der Waals surface area contributed by atoms with Crippen LogP contribution in [0.4, 0.5) is 8.78 Å². The topological polar surface area (TPSA) is 152 Å². The minimum absolute atomic E-state index is 0.0162. The molecule has 3 aromatic carbocycles. The van der Waals surface area contributed by atoms with Crippen molar-refractivity contribution < 1.29 is 37.8 Å². The highest BCUT2D eigenvalue weighted by atomic mass is 19.2. The predicted molar refractivity (Wildman–Crippen MR) is 168 cm³/mol. The number of halogens is 2. The number of methoxy groups -OCH3 is 1. The summed E-state index contributed by atoms with van der Waals surface area (Å²) in [6.45, 7) is 1.57. The van der Waals surface area contributed by atoms with E-state index in [9.17, 15) is 33.1 Å². The summed E-state index contributed by atoms with van der Waals surface area (Å²) in [4.78, 5) is 56.7. The highest BCUT2D eigenvalue weighted by Gasteiger charge is 2.29. The molecule has 11 nitrogen and oxygen atoms in total. The predicted octanol–water partition coefficient (Wildman–Crippen LogP) is 4.80. The normalized spacial score (nSPS) is 13.6. The Labute approximate surface area is 272 Å². The average molecular weight is 654 g/mol. The van der Waals surface area contributed by atoms with Crippen molar-refractivity contribution in [2.45, 2.75) is 38.8 Å². The maximum atomic E-state index is 13.8. The number of carbonyl (C=O) groups is 4. The minimum Gasteiger partial charge on any atom is -0.497 e. The Morgan fingerprint density at radius 3 is 2.42 bits per heavy atom. The van der Waals surface area contributed by atoms with Crippen molar-refractivity contribution in [2.24, 2.45) is 0 Å². The first kappa shape index (κ1) is 32.0. The number of Topliss-reactive ketones (excluding diaryl/α,β-unsaturated/α-hetero) is 1. The highest BCUT2D eigenvalue weighted by Crippen LogP contribution is 2.35. The number of hydrogen-bond donors (Lipinski definition) is 3. The number of rotatable bonds is 10. The summed E-state index contributed by atoms with van der Waals surface area (Å²) in [5, 5.41) is 19.4. The van der Waals surface area contributed by atoms with Crippen molar-refractivity contribution in [3.63, 3.8) is 0 Å². The van der Waals surface area contributed by atoms with Crippen LogP contribution in [0.25, 0.3) is 5.65 Å². The van der Waals surface area contributed by atoms with Crippen LogP contribution >= 0.6 is 0 Å². The molecule has 0 radical (unpaired) electrons. The monoisotopic (exact) mass is 653 g/mol. The lowest BCUT2D eigenvalue weighted by molar-refractivity contribution is 0.0695. The highest BCUT2D eigenvalue weighted by molar-refractivity contribution is 6.04. The third-order valence-electron chi connectivity index (χ3n) is 8.43. The van der Waals surface area contributed by atoms with Crippen molar-refractivity contribution in [2.75, 3.05) is 7.11 Å². The second kappa shape index (κ2) is 13.0. The summed E-state index contributed by atoms with van der Waals surface area (Å²) in [7, 11) is 1.53. The van der Waals surface area contributed by atoms with Crippen molar-refractivity contribution >= 4 is 29.2 Å². The van der Waals surface area contributed by atoms with Crippen LogP contribution < -0.4 is 15.4 Å². The maximum Gasteiger partial charge on any atom is 0.335 e. The van der Waals surface area contributed by atoms with Crippen molar-refractivity contribution in [3.8, 4) is 5.75 Å². The Hall–Kier alpha value is -5.98. The molecule has 0 spiro atoms. The first-order valence-electron chi connectivity index (χ1n) is 15.0. The van der Waals surface area contributed by atoms with Crippen LogP contribution in [0.5, 0.6) is 5.75 Å². The van der Waals surface area contributed by atoms with Gasteiger partial charge < -0.3 is 20.5 Å². The van der Waals surface area contributed by atoms with Crippen molar-refractivity contribution in [3.05, 3.63) is 129 Å². The van der Waals surface area contributed by atoms with Crippen molar-refractivity contribution in [1.29, 1.82) is 0 Å². The third kappa shape index (κ3) is 6.21. The number of carbonyl (C=O) groups excluding carboxylic acids is 3. The number of aromatic nitrogens is 3. The zero-order chi connectivity index (χ0) is 34.1. The molecular formula is C35H29F2N5O6. The largest absolute Gasteiger partial charge is 0.497 e. The van der Waals surface area contributed by atoms with Gasteiger partial charge in [-0.25, -0.2) is 23.1 Å². The number of benzene rings is 3. The Balaban J connectivity index is 1.33. The van der Waals surface area contributed by atoms with Crippen LogP contribution in [0.2, 0.25) is 0 Å². The SMILES string of the molecule is COc1ccc(CC(=O)c2cnn3c(C(=O)N[C@H]4CCc5c4ccc(C(=O)O)c5C)cc(C(=O)NCc4ccc(F)c(F)c4)nc23)cc1. The average Bonchev–Trinajstić information content (AvgIpc) is 3.70. The molecule has 48 heavy (non-hydrogen) atoms. The number of nitrogens with zero attached hydrogens (tertiary/aromatic N) is 3. The standard InChI is InChI=1S/C35H29F2N5O6/c1-18-22-10-12-28(24(22)9-8-23(18)35(46)47)41-34(45)30-15-29(33(44)38-16-20-5-11-26(36)27(37)13-20)40-32-25(17-39-42(30)32)31(43)14-19-3-6-21(48-2)7-4-19/h3-9,11,13,15,17,28H,10,12,14,16H2,1-2H3,(H,38,44)(H,41,45)(H,46,47)/t28-/m0/s1. The molecule has 0 unspecified atom stereocenters. The lowest BCUT2D eigenvalue weighted by Gasteiger charge is -2.16. The molecule has 13 heteroatoms. The molecule has 0 saturated carbocycles. The lowest BCUT2D eigenvalue weighted by atomic mass is 9.98. The summed E-state index contributed by atoms with van der Waals surface area (Å²) in [6, 6.07) is 14.1. The molecule has 1 atom stereocenters. The van der Waals surface area contributed by atoms with Gasteiger partial charge in [0.1, 0.15) is 17.1 Å². The molecule has 2 heterocycles. The molecule has 0 aliphatic heterocycles. The first-order valence-corrected chi connectivity index (χ1v) is 15.0. The summed E-state index contributed by atoms with van der Waals surface area (Å²) in [5.41, 5.74) is 3.23. The van der Waals surface area contributed by atoms with Gasteiger partial charge in [0.2, 0.25) is 0 Å². The zero-order valence-electron chi connectivity index (χ0n) is 25.8. The lowest BCUT2D eigenvalue weighted by Crippen LogP contribution is -2.31. The van der Waals surface area contributed by atoms with E-state index < -0.39 is 35.5 Å². The Bertz CT molecular complexity index is 2110. The summed E-state index contributed by atoms with van der Waals surface area (Å²) in [5.74, 6) is -4.19.